The van der Waals surface area contributed by atoms with Crippen molar-refractivity contribution in [2.75, 3.05) is 19.8 Å². The normalized spacial score (nSPS) is 10.4. The van der Waals surface area contributed by atoms with Gasteiger partial charge in [0.15, 0.2) is 0 Å². The number of hydrogen-bond donors (Lipinski definition) is 0. The molecule has 0 heterocycles. The first-order valence-electron chi connectivity index (χ1n) is 9.71. The van der Waals surface area contributed by atoms with E-state index in [9.17, 15) is 0 Å². The van der Waals surface area contributed by atoms with Crippen LogP contribution in [0.4, 0.5) is 11.4 Å². The Labute approximate surface area is 170 Å². The van der Waals surface area contributed by atoms with E-state index in [1.165, 1.54) is 10.9 Å². The van der Waals surface area contributed by atoms with E-state index in [1.54, 1.807) is 0 Å². The second kappa shape index (κ2) is 12.2. The fourth-order valence-corrected chi connectivity index (χ4v) is 3.57. The van der Waals surface area contributed by atoms with Crippen molar-refractivity contribution in [3.05, 3.63) is 53.1 Å². The Hall–Kier alpha value is -2.37. The molecule has 5 heteroatoms. The number of aliphatic imine (C=N–C) groups is 4. The van der Waals surface area contributed by atoms with Crippen LogP contribution in [0.1, 0.15) is 36.0 Å². The van der Waals surface area contributed by atoms with Gasteiger partial charge >= 0.3 is 0 Å². The molecule has 0 amide bonds. The lowest BCUT2D eigenvalue weighted by atomic mass is 10.1. The predicted octanol–water partition coefficient (Wildman–Crippen LogP) is 6.03. The van der Waals surface area contributed by atoms with Gasteiger partial charge in [-0.2, -0.15) is 9.98 Å². The molecular formula is C23H29N4P. The van der Waals surface area contributed by atoms with Crippen LogP contribution in [0, 0.1) is 20.8 Å². The van der Waals surface area contributed by atoms with Gasteiger partial charge in [0.05, 0.1) is 23.4 Å². The van der Waals surface area contributed by atoms with Gasteiger partial charge < -0.3 is 0 Å². The third-order valence-corrected chi connectivity index (χ3v) is 5.39. The number of rotatable bonds is 9. The first-order chi connectivity index (χ1) is 13.6. The van der Waals surface area contributed by atoms with Crippen LogP contribution in [-0.4, -0.2) is 31.8 Å². The molecule has 0 N–H and O–H groups in total. The summed E-state index contributed by atoms with van der Waals surface area (Å²) in [4.78, 5) is 17.4. The molecule has 146 valence electrons. The summed E-state index contributed by atoms with van der Waals surface area (Å²) >= 11 is 0. The minimum absolute atomic E-state index is 0.726. The highest BCUT2D eigenvalue weighted by atomic mass is 31.1. The molecule has 1 atom stereocenters. The average molecular weight is 392 g/mol. The Morgan fingerprint density at radius 3 is 1.79 bits per heavy atom. The zero-order valence-corrected chi connectivity index (χ0v) is 18.3. The summed E-state index contributed by atoms with van der Waals surface area (Å²) in [5, 5.41) is 1.27. The van der Waals surface area contributed by atoms with Crippen molar-refractivity contribution in [3.8, 4) is 0 Å². The number of unbranched alkanes of at least 4 members (excludes halogenated alkanes) is 2. The van der Waals surface area contributed by atoms with Crippen LogP contribution in [0.15, 0.2) is 56.4 Å². The number of benzene rings is 2. The van der Waals surface area contributed by atoms with Crippen LogP contribution in [0.5, 0.6) is 0 Å². The van der Waals surface area contributed by atoms with E-state index < -0.39 is 0 Å². The van der Waals surface area contributed by atoms with Crippen LogP contribution in [0.25, 0.3) is 0 Å². The Bertz CT molecular complexity index is 885. The van der Waals surface area contributed by atoms with Gasteiger partial charge in [-0.15, -0.1) is 0 Å². The van der Waals surface area contributed by atoms with E-state index in [-0.39, 0.29) is 0 Å². The standard InChI is InChI=1S/C23H29N4P/c1-18-10-8-11-19(2)22(18)26-16-24-14-6-5-7-15-25-17-27-23-20(3)12-9-13-21(23)28-4/h8-13,28H,5-7,14-15H2,1-4H3. The molecule has 2 aromatic carbocycles. The minimum atomic E-state index is 0.726. The summed E-state index contributed by atoms with van der Waals surface area (Å²) in [6, 6.07) is 18.1. The summed E-state index contributed by atoms with van der Waals surface area (Å²) in [6.07, 6.45) is 3.11. The van der Waals surface area contributed by atoms with Crippen LogP contribution in [-0.2, 0) is 0 Å². The molecular weight excluding hydrogens is 363 g/mol. The molecule has 0 aromatic heterocycles. The first-order valence-corrected chi connectivity index (χ1v) is 11.2. The Kier molecular flexibility index (Phi) is 9.52. The summed E-state index contributed by atoms with van der Waals surface area (Å²) < 4.78 is 0. The molecule has 2 rings (SSSR count). The van der Waals surface area contributed by atoms with Crippen LogP contribution >= 0.6 is 8.58 Å². The van der Waals surface area contributed by atoms with Crippen molar-refractivity contribution < 1.29 is 0 Å². The van der Waals surface area contributed by atoms with Crippen molar-refractivity contribution in [3.63, 3.8) is 0 Å². The summed E-state index contributed by atoms with van der Waals surface area (Å²) in [5.74, 6) is 0. The maximum absolute atomic E-state index is 4.43. The molecule has 0 radical (unpaired) electrons. The number of hydrogen-bond acceptors (Lipinski definition) is 4. The molecule has 0 saturated carbocycles. The number of nitrogens with zero attached hydrogens (tertiary/aromatic N) is 4. The molecule has 0 saturated heterocycles. The monoisotopic (exact) mass is 392 g/mol. The van der Waals surface area contributed by atoms with E-state index >= 15 is 0 Å². The largest absolute Gasteiger partial charge is 0.225 e. The molecule has 0 aliphatic rings. The van der Waals surface area contributed by atoms with Crippen molar-refractivity contribution in [2.45, 2.75) is 40.0 Å². The van der Waals surface area contributed by atoms with E-state index in [0.29, 0.717) is 0 Å². The van der Waals surface area contributed by atoms with Crippen molar-refractivity contribution >= 4 is 37.3 Å². The number of para-hydroxylation sites is 2. The fourth-order valence-electron chi connectivity index (χ4n) is 2.82. The Balaban J connectivity index is 1.71. The average Bonchev–Trinajstić information content (AvgIpc) is 2.68. The minimum Gasteiger partial charge on any atom is -0.225 e. The third-order valence-electron chi connectivity index (χ3n) is 4.45. The molecule has 0 aliphatic carbocycles. The van der Waals surface area contributed by atoms with Gasteiger partial charge in [0.25, 0.3) is 0 Å². The quantitative estimate of drug-likeness (QED) is 0.284. The molecule has 4 nitrogen and oxygen atoms in total. The Morgan fingerprint density at radius 1 is 0.714 bits per heavy atom. The van der Waals surface area contributed by atoms with E-state index in [1.807, 2.05) is 6.07 Å². The van der Waals surface area contributed by atoms with E-state index in [0.717, 1.165) is 63.4 Å². The molecule has 0 spiro atoms. The summed E-state index contributed by atoms with van der Waals surface area (Å²) in [5.41, 5.74) is 5.47. The zero-order valence-electron chi connectivity index (χ0n) is 17.3. The van der Waals surface area contributed by atoms with Crippen molar-refractivity contribution in [1.82, 2.24) is 0 Å². The highest BCUT2D eigenvalue weighted by Gasteiger charge is 2.01. The zero-order chi connectivity index (χ0) is 20.2. The molecule has 28 heavy (non-hydrogen) atoms. The second-order valence-corrected chi connectivity index (χ2v) is 7.75. The van der Waals surface area contributed by atoms with E-state index in [4.69, 9.17) is 0 Å². The summed E-state index contributed by atoms with van der Waals surface area (Å²) in [6.45, 7) is 9.85. The summed E-state index contributed by atoms with van der Waals surface area (Å²) in [7, 11) is 0.726. The van der Waals surface area contributed by atoms with Gasteiger partial charge in [0.1, 0.15) is 0 Å². The van der Waals surface area contributed by atoms with E-state index in [2.05, 4.69) is 89.8 Å². The lowest BCUT2D eigenvalue weighted by Crippen LogP contribution is -1.95. The number of aryl methyl sites for hydroxylation is 3. The van der Waals surface area contributed by atoms with Gasteiger partial charge in [-0.25, -0.2) is 9.98 Å². The maximum atomic E-state index is 4.43. The van der Waals surface area contributed by atoms with Crippen LogP contribution in [0.3, 0.4) is 0 Å². The SMILES string of the molecule is CPc1cccc(C)c1N=C=NCCCCCN=C=Nc1c(C)cccc1C. The molecule has 0 bridgehead atoms. The predicted molar refractivity (Wildman–Crippen MR) is 124 cm³/mol. The molecule has 2 aromatic rings. The lowest BCUT2D eigenvalue weighted by Gasteiger charge is -2.03. The highest BCUT2D eigenvalue weighted by Crippen LogP contribution is 2.22. The smallest absolute Gasteiger partial charge is 0.0949 e. The van der Waals surface area contributed by atoms with Crippen molar-refractivity contribution in [1.29, 1.82) is 0 Å². The van der Waals surface area contributed by atoms with Gasteiger partial charge in [0, 0.05) is 13.1 Å². The van der Waals surface area contributed by atoms with Crippen molar-refractivity contribution in [2.24, 2.45) is 20.0 Å². The van der Waals surface area contributed by atoms with Gasteiger partial charge in [-0.1, -0.05) is 45.0 Å². The van der Waals surface area contributed by atoms with Gasteiger partial charge in [-0.3, -0.25) is 0 Å². The topological polar surface area (TPSA) is 49.4 Å². The van der Waals surface area contributed by atoms with Crippen LogP contribution in [0.2, 0.25) is 0 Å². The van der Waals surface area contributed by atoms with Crippen LogP contribution < -0.4 is 5.30 Å². The third kappa shape index (κ3) is 6.98. The fraction of sp³-hybridized carbons (Fsp3) is 0.391. The lowest BCUT2D eigenvalue weighted by molar-refractivity contribution is 0.698. The Morgan fingerprint density at radius 2 is 1.21 bits per heavy atom. The first kappa shape index (κ1) is 21.9. The second-order valence-electron chi connectivity index (χ2n) is 6.71. The van der Waals surface area contributed by atoms with Gasteiger partial charge in [0.2, 0.25) is 0 Å². The van der Waals surface area contributed by atoms with Gasteiger partial charge in [-0.05, 0) is 68.7 Å². The highest BCUT2D eigenvalue weighted by molar-refractivity contribution is 7.46. The molecule has 0 fully saturated rings. The maximum Gasteiger partial charge on any atom is 0.0949 e. The molecule has 1 unspecified atom stereocenters. The molecule has 0 aliphatic heterocycles.